The molecule has 1 aromatic rings. The van der Waals surface area contributed by atoms with Crippen LogP contribution in [-0.2, 0) is 23.9 Å². The molecule has 2 fully saturated rings. The van der Waals surface area contributed by atoms with Gasteiger partial charge in [0.15, 0.2) is 6.61 Å². The van der Waals surface area contributed by atoms with Crippen LogP contribution in [0.1, 0.15) is 12.0 Å². The van der Waals surface area contributed by atoms with Crippen molar-refractivity contribution in [1.82, 2.24) is 4.90 Å². The van der Waals surface area contributed by atoms with E-state index in [1.165, 1.54) is 18.2 Å². The fourth-order valence-corrected chi connectivity index (χ4v) is 4.52. The number of rotatable bonds is 6. The molecule has 1 saturated heterocycles. The van der Waals surface area contributed by atoms with Crippen molar-refractivity contribution in [3.05, 3.63) is 46.0 Å². The molecule has 10 nitrogen and oxygen atoms in total. The number of nitro benzene ring substituents is 1. The number of hydrogen-bond donors (Lipinski definition) is 1. The summed E-state index contributed by atoms with van der Waals surface area (Å²) in [5.41, 5.74) is 0.483. The van der Waals surface area contributed by atoms with E-state index >= 15 is 0 Å². The molecular formula is C20H19N3O7. The number of amides is 3. The van der Waals surface area contributed by atoms with Gasteiger partial charge in [0.2, 0.25) is 11.8 Å². The van der Waals surface area contributed by atoms with Gasteiger partial charge in [-0.05, 0) is 31.2 Å². The van der Waals surface area contributed by atoms with Gasteiger partial charge >= 0.3 is 5.97 Å². The zero-order valence-electron chi connectivity index (χ0n) is 16.1. The number of benzene rings is 1. The smallest absolute Gasteiger partial charge is 0.326 e. The lowest BCUT2D eigenvalue weighted by molar-refractivity contribution is -0.385. The highest BCUT2D eigenvalue weighted by atomic mass is 16.6. The van der Waals surface area contributed by atoms with Crippen LogP contribution in [0.3, 0.4) is 0 Å². The third-order valence-corrected chi connectivity index (χ3v) is 5.90. The highest BCUT2D eigenvalue weighted by Crippen LogP contribution is 2.52. The molecule has 3 aliphatic rings. The standard InChI is InChI=1S/C20H19N3O7/c1-10-2-5-13(7-14(10)23(28)29)21-15(24)9-30-16(25)8-22-19(26)17-11-3-4-12(6-11)18(17)20(22)27/h2-5,7,11-12,17-18H,6,8-9H2,1H3,(H,21,24). The molecule has 10 heteroatoms. The summed E-state index contributed by atoms with van der Waals surface area (Å²) in [5.74, 6) is -3.02. The van der Waals surface area contributed by atoms with Crippen molar-refractivity contribution in [2.75, 3.05) is 18.5 Å². The maximum Gasteiger partial charge on any atom is 0.326 e. The van der Waals surface area contributed by atoms with Gasteiger partial charge in [-0.3, -0.25) is 34.2 Å². The average molecular weight is 413 g/mol. The summed E-state index contributed by atoms with van der Waals surface area (Å²) in [7, 11) is 0. The minimum Gasteiger partial charge on any atom is -0.454 e. The molecule has 0 aromatic heterocycles. The first-order valence-electron chi connectivity index (χ1n) is 9.50. The highest BCUT2D eigenvalue weighted by molar-refractivity contribution is 6.08. The minimum atomic E-state index is -0.873. The average Bonchev–Trinajstić information content (AvgIpc) is 3.38. The number of esters is 1. The SMILES string of the molecule is Cc1ccc(NC(=O)COC(=O)CN2C(=O)C3C4C=CC(C4)C3C2=O)cc1[N+](=O)[O-]. The Hall–Kier alpha value is -3.56. The zero-order valence-corrected chi connectivity index (χ0v) is 16.1. The molecule has 156 valence electrons. The van der Waals surface area contributed by atoms with Gasteiger partial charge in [0, 0.05) is 17.3 Å². The molecule has 0 spiro atoms. The number of imide groups is 1. The van der Waals surface area contributed by atoms with Gasteiger partial charge in [-0.1, -0.05) is 18.2 Å². The minimum absolute atomic E-state index is 0.0433. The number of carbonyl (C=O) groups excluding carboxylic acids is 4. The van der Waals surface area contributed by atoms with Crippen molar-refractivity contribution >= 4 is 35.1 Å². The summed E-state index contributed by atoms with van der Waals surface area (Å²) in [6.45, 7) is 0.395. The van der Waals surface area contributed by atoms with Crippen LogP contribution >= 0.6 is 0 Å². The third-order valence-electron chi connectivity index (χ3n) is 5.90. The number of fused-ring (bicyclic) bond motifs is 5. The van der Waals surface area contributed by atoms with Gasteiger partial charge in [-0.2, -0.15) is 0 Å². The predicted molar refractivity (Wildman–Crippen MR) is 102 cm³/mol. The number of aryl methyl sites for hydroxylation is 1. The van der Waals surface area contributed by atoms with E-state index in [0.717, 1.165) is 11.3 Å². The molecule has 3 amide bonds. The Morgan fingerprint density at radius 2 is 1.83 bits per heavy atom. The van der Waals surface area contributed by atoms with Crippen LogP contribution in [0.15, 0.2) is 30.4 Å². The van der Waals surface area contributed by atoms with E-state index in [-0.39, 0.29) is 35.0 Å². The van der Waals surface area contributed by atoms with Crippen LogP contribution in [0.2, 0.25) is 0 Å². The summed E-state index contributed by atoms with van der Waals surface area (Å²) in [4.78, 5) is 60.5. The molecule has 1 saturated carbocycles. The zero-order chi connectivity index (χ0) is 21.6. The number of hydrogen-bond acceptors (Lipinski definition) is 7. The van der Waals surface area contributed by atoms with Crippen molar-refractivity contribution in [1.29, 1.82) is 0 Å². The van der Waals surface area contributed by atoms with E-state index in [1.807, 2.05) is 12.2 Å². The highest BCUT2D eigenvalue weighted by Gasteiger charge is 2.59. The van der Waals surface area contributed by atoms with E-state index in [4.69, 9.17) is 4.74 Å². The Morgan fingerprint density at radius 1 is 1.20 bits per heavy atom. The van der Waals surface area contributed by atoms with Crippen molar-refractivity contribution in [2.24, 2.45) is 23.7 Å². The first-order chi connectivity index (χ1) is 14.3. The van der Waals surface area contributed by atoms with E-state index in [2.05, 4.69) is 5.32 Å². The first kappa shape index (κ1) is 19.7. The normalized spacial score (nSPS) is 26.1. The third kappa shape index (κ3) is 3.34. The molecule has 1 N–H and O–H groups in total. The quantitative estimate of drug-likeness (QED) is 0.243. The Kier molecular flexibility index (Phi) is 4.84. The molecule has 2 bridgehead atoms. The van der Waals surface area contributed by atoms with Crippen LogP contribution in [-0.4, -0.2) is 46.7 Å². The maximum atomic E-state index is 12.5. The Labute approximate surface area is 171 Å². The second kappa shape index (κ2) is 7.36. The van der Waals surface area contributed by atoms with Gasteiger partial charge in [0.05, 0.1) is 16.8 Å². The lowest BCUT2D eigenvalue weighted by Gasteiger charge is -2.16. The predicted octanol–water partition coefficient (Wildman–Crippen LogP) is 1.19. The number of anilines is 1. The molecule has 1 aromatic carbocycles. The Balaban J connectivity index is 1.30. The summed E-state index contributed by atoms with van der Waals surface area (Å²) in [6, 6.07) is 4.19. The first-order valence-corrected chi connectivity index (χ1v) is 9.50. The van der Waals surface area contributed by atoms with Crippen LogP contribution < -0.4 is 5.32 Å². The molecule has 30 heavy (non-hydrogen) atoms. The van der Waals surface area contributed by atoms with Crippen molar-refractivity contribution < 1.29 is 28.8 Å². The summed E-state index contributed by atoms with van der Waals surface area (Å²) in [5, 5.41) is 13.4. The molecule has 1 aliphatic heterocycles. The molecule has 0 radical (unpaired) electrons. The van der Waals surface area contributed by atoms with Gasteiger partial charge in [0.25, 0.3) is 11.6 Å². The van der Waals surface area contributed by atoms with Crippen molar-refractivity contribution in [2.45, 2.75) is 13.3 Å². The number of nitrogens with one attached hydrogen (secondary N) is 1. The van der Waals surface area contributed by atoms with E-state index in [1.54, 1.807) is 6.92 Å². The maximum absolute atomic E-state index is 12.5. The summed E-state index contributed by atoms with van der Waals surface area (Å²) in [6.07, 6.45) is 4.71. The molecule has 4 atom stereocenters. The van der Waals surface area contributed by atoms with E-state index < -0.39 is 41.8 Å². The molecule has 2 aliphatic carbocycles. The molecule has 4 rings (SSSR count). The molecular weight excluding hydrogens is 394 g/mol. The van der Waals surface area contributed by atoms with Crippen LogP contribution in [0.4, 0.5) is 11.4 Å². The number of ether oxygens (including phenoxy) is 1. The Morgan fingerprint density at radius 3 is 2.43 bits per heavy atom. The van der Waals surface area contributed by atoms with Crippen molar-refractivity contribution in [3.63, 3.8) is 0 Å². The fourth-order valence-electron chi connectivity index (χ4n) is 4.52. The van der Waals surface area contributed by atoms with Gasteiger partial charge in [0.1, 0.15) is 6.54 Å². The largest absolute Gasteiger partial charge is 0.454 e. The van der Waals surface area contributed by atoms with Crippen molar-refractivity contribution in [3.8, 4) is 0 Å². The number of likely N-dealkylation sites (tertiary alicyclic amines) is 1. The summed E-state index contributed by atoms with van der Waals surface area (Å²) >= 11 is 0. The van der Waals surface area contributed by atoms with Gasteiger partial charge in [-0.25, -0.2) is 0 Å². The molecule has 1 heterocycles. The number of nitrogens with zero attached hydrogens (tertiary/aromatic N) is 2. The van der Waals surface area contributed by atoms with E-state index in [9.17, 15) is 29.3 Å². The van der Waals surface area contributed by atoms with Crippen LogP contribution in [0, 0.1) is 40.7 Å². The van der Waals surface area contributed by atoms with E-state index in [0.29, 0.717) is 5.56 Å². The van der Waals surface area contributed by atoms with Gasteiger partial charge in [-0.15, -0.1) is 0 Å². The second-order valence-corrected chi connectivity index (χ2v) is 7.73. The van der Waals surface area contributed by atoms with Gasteiger partial charge < -0.3 is 10.1 Å². The molecule has 4 unspecified atom stereocenters. The fraction of sp³-hybridized carbons (Fsp3) is 0.400. The number of nitro groups is 1. The lowest BCUT2D eigenvalue weighted by Crippen LogP contribution is -2.38. The second-order valence-electron chi connectivity index (χ2n) is 7.73. The lowest BCUT2D eigenvalue weighted by atomic mass is 9.85. The van der Waals surface area contributed by atoms with Crippen LogP contribution in [0.5, 0.6) is 0 Å². The monoisotopic (exact) mass is 413 g/mol. The summed E-state index contributed by atoms with van der Waals surface area (Å²) < 4.78 is 4.88. The number of allylic oxidation sites excluding steroid dienone is 2. The number of carbonyl (C=O) groups is 4. The Bertz CT molecular complexity index is 972. The topological polar surface area (TPSA) is 136 Å². The van der Waals surface area contributed by atoms with Crippen LogP contribution in [0.25, 0.3) is 0 Å².